The van der Waals surface area contributed by atoms with Crippen molar-refractivity contribution < 1.29 is 4.79 Å². The molecule has 4 rings (SSSR count). The molecule has 1 aromatic carbocycles. The zero-order chi connectivity index (χ0) is 19.3. The lowest BCUT2D eigenvalue weighted by Crippen LogP contribution is -2.35. The molecule has 28 heavy (non-hydrogen) atoms. The van der Waals surface area contributed by atoms with Gasteiger partial charge in [-0.3, -0.25) is 4.79 Å². The first kappa shape index (κ1) is 18.9. The number of carbonyl (C=O) groups is 1. The van der Waals surface area contributed by atoms with Crippen molar-refractivity contribution in [2.24, 2.45) is 5.92 Å². The van der Waals surface area contributed by atoms with Crippen molar-refractivity contribution in [2.45, 2.75) is 49.3 Å². The topological polar surface area (TPSA) is 72.7 Å². The Morgan fingerprint density at radius 1 is 1.21 bits per heavy atom. The maximum absolute atomic E-state index is 12.6. The molecule has 1 aliphatic carbocycles. The van der Waals surface area contributed by atoms with E-state index in [1.165, 1.54) is 43.9 Å². The number of fused-ring (bicyclic) bond motifs is 1. The standard InChI is InChI=1S/C21H25N5OS/c1-15(20(27)22-12-16-8-4-2-5-9-16)28-21-18-13-25-26(19(18)23-14-24-21)17-10-6-3-7-11-17/h3,6-7,10-11,13-16H,2,4-5,8-9,12H2,1H3,(H,22,27). The van der Waals surface area contributed by atoms with Crippen molar-refractivity contribution in [2.75, 3.05) is 6.54 Å². The molecule has 7 heteroatoms. The first-order valence-corrected chi connectivity index (χ1v) is 10.8. The van der Waals surface area contributed by atoms with Crippen molar-refractivity contribution in [3.05, 3.63) is 42.9 Å². The highest BCUT2D eigenvalue weighted by Crippen LogP contribution is 2.29. The van der Waals surface area contributed by atoms with Gasteiger partial charge in [-0.2, -0.15) is 5.10 Å². The lowest BCUT2D eigenvalue weighted by atomic mass is 9.89. The van der Waals surface area contributed by atoms with Crippen LogP contribution in [0.15, 0.2) is 47.9 Å². The maximum atomic E-state index is 12.6. The number of amides is 1. The molecular weight excluding hydrogens is 370 g/mol. The third kappa shape index (κ3) is 4.19. The van der Waals surface area contributed by atoms with Crippen LogP contribution in [-0.4, -0.2) is 37.5 Å². The van der Waals surface area contributed by atoms with E-state index in [1.54, 1.807) is 17.2 Å². The summed E-state index contributed by atoms with van der Waals surface area (Å²) in [5, 5.41) is 9.03. The summed E-state index contributed by atoms with van der Waals surface area (Å²) < 4.78 is 1.80. The first-order valence-electron chi connectivity index (χ1n) is 9.91. The van der Waals surface area contributed by atoms with E-state index in [-0.39, 0.29) is 11.2 Å². The number of rotatable bonds is 6. The fraction of sp³-hybridized carbons (Fsp3) is 0.429. The minimum absolute atomic E-state index is 0.0674. The summed E-state index contributed by atoms with van der Waals surface area (Å²) in [4.78, 5) is 21.4. The molecule has 1 N–H and O–H groups in total. The molecule has 146 valence electrons. The highest BCUT2D eigenvalue weighted by Gasteiger charge is 2.20. The molecular formula is C21H25N5OS. The van der Waals surface area contributed by atoms with Crippen LogP contribution in [0.3, 0.4) is 0 Å². The van der Waals surface area contributed by atoms with Crippen molar-refractivity contribution in [1.29, 1.82) is 0 Å². The minimum atomic E-state index is -0.221. The van der Waals surface area contributed by atoms with E-state index in [2.05, 4.69) is 20.4 Å². The zero-order valence-electron chi connectivity index (χ0n) is 16.0. The predicted molar refractivity (Wildman–Crippen MR) is 112 cm³/mol. The number of benzene rings is 1. The monoisotopic (exact) mass is 395 g/mol. The van der Waals surface area contributed by atoms with Gasteiger partial charge in [0.15, 0.2) is 5.65 Å². The summed E-state index contributed by atoms with van der Waals surface area (Å²) >= 11 is 1.46. The van der Waals surface area contributed by atoms with Gasteiger partial charge in [0.1, 0.15) is 11.4 Å². The molecule has 1 unspecified atom stereocenters. The SMILES string of the molecule is CC(Sc1ncnc2c1cnn2-c1ccccc1)C(=O)NCC1CCCCC1. The summed E-state index contributed by atoms with van der Waals surface area (Å²) in [5.74, 6) is 0.697. The molecule has 1 fully saturated rings. The van der Waals surface area contributed by atoms with Gasteiger partial charge in [-0.25, -0.2) is 14.6 Å². The number of thioether (sulfide) groups is 1. The third-order valence-electron chi connectivity index (χ3n) is 5.28. The lowest BCUT2D eigenvalue weighted by molar-refractivity contribution is -0.120. The molecule has 1 amide bonds. The highest BCUT2D eigenvalue weighted by atomic mass is 32.2. The van der Waals surface area contributed by atoms with Crippen LogP contribution < -0.4 is 5.32 Å². The van der Waals surface area contributed by atoms with Crippen LogP contribution in [0.25, 0.3) is 16.7 Å². The van der Waals surface area contributed by atoms with Crippen LogP contribution in [-0.2, 0) is 4.79 Å². The second-order valence-corrected chi connectivity index (χ2v) is 8.65. The van der Waals surface area contributed by atoms with Crippen LogP contribution >= 0.6 is 11.8 Å². The minimum Gasteiger partial charge on any atom is -0.355 e. The van der Waals surface area contributed by atoms with Gasteiger partial charge in [0.25, 0.3) is 0 Å². The second kappa shape index (κ2) is 8.73. The first-order chi connectivity index (χ1) is 13.7. The number of carbonyl (C=O) groups excluding carboxylic acids is 1. The fourth-order valence-electron chi connectivity index (χ4n) is 3.68. The van der Waals surface area contributed by atoms with E-state index < -0.39 is 0 Å². The Morgan fingerprint density at radius 2 is 2.00 bits per heavy atom. The normalized spacial score (nSPS) is 16.2. The maximum Gasteiger partial charge on any atom is 0.233 e. The third-order valence-corrected chi connectivity index (χ3v) is 6.39. The predicted octanol–water partition coefficient (Wildman–Crippen LogP) is 3.99. The summed E-state index contributed by atoms with van der Waals surface area (Å²) in [5.41, 5.74) is 1.70. The van der Waals surface area contributed by atoms with E-state index in [1.807, 2.05) is 37.3 Å². The van der Waals surface area contributed by atoms with E-state index >= 15 is 0 Å². The largest absolute Gasteiger partial charge is 0.355 e. The van der Waals surface area contributed by atoms with Crippen molar-refractivity contribution in [3.63, 3.8) is 0 Å². The smallest absolute Gasteiger partial charge is 0.233 e. The van der Waals surface area contributed by atoms with Crippen LogP contribution in [0.1, 0.15) is 39.0 Å². The Bertz CT molecular complexity index is 936. The van der Waals surface area contributed by atoms with Crippen LogP contribution in [0, 0.1) is 5.92 Å². The molecule has 0 bridgehead atoms. The Labute approximate surface area is 169 Å². The van der Waals surface area contributed by atoms with Gasteiger partial charge in [-0.05, 0) is 37.8 Å². The average molecular weight is 396 g/mol. The lowest BCUT2D eigenvalue weighted by Gasteiger charge is -2.22. The van der Waals surface area contributed by atoms with Crippen molar-refractivity contribution in [3.8, 4) is 5.69 Å². The molecule has 0 radical (unpaired) electrons. The van der Waals surface area contributed by atoms with Crippen LogP contribution in [0.4, 0.5) is 0 Å². The van der Waals surface area contributed by atoms with Crippen LogP contribution in [0.2, 0.25) is 0 Å². The average Bonchev–Trinajstić information content (AvgIpc) is 3.18. The second-order valence-electron chi connectivity index (χ2n) is 7.32. The van der Waals surface area contributed by atoms with Crippen LogP contribution in [0.5, 0.6) is 0 Å². The Kier molecular flexibility index (Phi) is 5.90. The molecule has 1 saturated carbocycles. The molecule has 3 aromatic rings. The summed E-state index contributed by atoms with van der Waals surface area (Å²) in [7, 11) is 0. The Morgan fingerprint density at radius 3 is 2.79 bits per heavy atom. The molecule has 2 aromatic heterocycles. The van der Waals surface area contributed by atoms with Gasteiger partial charge in [-0.1, -0.05) is 49.2 Å². The van der Waals surface area contributed by atoms with Gasteiger partial charge >= 0.3 is 0 Å². The van der Waals surface area contributed by atoms with E-state index in [9.17, 15) is 4.79 Å². The van der Waals surface area contributed by atoms with Gasteiger partial charge < -0.3 is 5.32 Å². The van der Waals surface area contributed by atoms with E-state index in [4.69, 9.17) is 0 Å². The van der Waals surface area contributed by atoms with E-state index in [0.717, 1.165) is 28.3 Å². The number of aromatic nitrogens is 4. The van der Waals surface area contributed by atoms with Crippen molar-refractivity contribution >= 4 is 28.7 Å². The number of nitrogens with one attached hydrogen (secondary N) is 1. The number of nitrogens with zero attached hydrogens (tertiary/aromatic N) is 4. The quantitative estimate of drug-likeness (QED) is 0.505. The highest BCUT2D eigenvalue weighted by molar-refractivity contribution is 8.00. The fourth-order valence-corrected chi connectivity index (χ4v) is 4.58. The van der Waals surface area contributed by atoms with Crippen molar-refractivity contribution in [1.82, 2.24) is 25.1 Å². The summed E-state index contributed by atoms with van der Waals surface area (Å²) in [6, 6.07) is 9.89. The molecule has 1 aliphatic rings. The number of hydrogen-bond donors (Lipinski definition) is 1. The van der Waals surface area contributed by atoms with Gasteiger partial charge in [0.2, 0.25) is 5.91 Å². The molecule has 6 nitrogen and oxygen atoms in total. The molecule has 0 spiro atoms. The van der Waals surface area contributed by atoms with Gasteiger partial charge in [0.05, 0.1) is 22.5 Å². The Hall–Kier alpha value is -2.41. The van der Waals surface area contributed by atoms with E-state index in [0.29, 0.717) is 5.92 Å². The molecule has 0 aliphatic heterocycles. The summed E-state index contributed by atoms with van der Waals surface area (Å²) in [6.45, 7) is 2.71. The van der Waals surface area contributed by atoms with Gasteiger partial charge in [-0.15, -0.1) is 0 Å². The molecule has 1 atom stereocenters. The summed E-state index contributed by atoms with van der Waals surface area (Å²) in [6.07, 6.45) is 9.68. The zero-order valence-corrected chi connectivity index (χ0v) is 16.9. The molecule has 0 saturated heterocycles. The number of para-hydroxylation sites is 1. The molecule has 2 heterocycles. The Balaban J connectivity index is 1.45. The van der Waals surface area contributed by atoms with Gasteiger partial charge in [0, 0.05) is 6.54 Å². The number of hydrogen-bond acceptors (Lipinski definition) is 5.